The van der Waals surface area contributed by atoms with Crippen LogP contribution in [0.25, 0.3) is 22.0 Å². The third-order valence-electron chi connectivity index (χ3n) is 6.28. The molecule has 1 amide bonds. The summed E-state index contributed by atoms with van der Waals surface area (Å²) in [5, 5.41) is 5.91. The number of H-pyrrole nitrogens is 1. The average molecular weight is 607 g/mol. The summed E-state index contributed by atoms with van der Waals surface area (Å²) in [6, 6.07) is 22.0. The molecule has 4 aromatic carbocycles. The first-order valence-electron chi connectivity index (χ1n) is 12.2. The Morgan fingerprint density at radius 2 is 1.68 bits per heavy atom. The number of hydrogen-bond acceptors (Lipinski definition) is 6. The molecule has 5 aromatic rings. The monoisotopic (exact) mass is 605 g/mol. The van der Waals surface area contributed by atoms with Gasteiger partial charge in [-0.05, 0) is 48.5 Å². The van der Waals surface area contributed by atoms with Crippen molar-refractivity contribution in [3.05, 3.63) is 111 Å². The topological polar surface area (TPSA) is 102 Å². The fourth-order valence-corrected chi connectivity index (χ4v) is 5.25. The predicted octanol–water partition coefficient (Wildman–Crippen LogP) is 7.51. The summed E-state index contributed by atoms with van der Waals surface area (Å²) in [5.74, 6) is 0.133. The third kappa shape index (κ3) is 5.32. The van der Waals surface area contributed by atoms with E-state index in [1.54, 1.807) is 72.8 Å². The van der Waals surface area contributed by atoms with Crippen LogP contribution in [-0.4, -0.2) is 29.9 Å². The van der Waals surface area contributed by atoms with Crippen LogP contribution in [0.15, 0.2) is 84.0 Å². The van der Waals surface area contributed by atoms with E-state index < -0.39 is 11.9 Å². The van der Waals surface area contributed by atoms with Gasteiger partial charge in [0.25, 0.3) is 5.91 Å². The van der Waals surface area contributed by atoms with Crippen LogP contribution in [0.3, 0.4) is 0 Å². The Hall–Kier alpha value is -4.50. The summed E-state index contributed by atoms with van der Waals surface area (Å²) in [4.78, 5) is 29.3. The normalized spacial score (nSPS) is 12.2. The SMILES string of the molecule is O=C(Oc1ccccc1C=NNC(=O)c1[nH]c2cc(Cl)cc(Cl)c2c1-c1ccccc1Cl)c1ccc2c(c1)OCO2. The number of aromatic amines is 1. The van der Waals surface area contributed by atoms with Gasteiger partial charge in [0, 0.05) is 37.6 Å². The zero-order valence-corrected chi connectivity index (χ0v) is 23.2. The molecule has 6 rings (SSSR count). The van der Waals surface area contributed by atoms with Gasteiger partial charge in [-0.1, -0.05) is 65.1 Å². The number of benzene rings is 4. The van der Waals surface area contributed by atoms with E-state index in [-0.39, 0.29) is 18.2 Å². The largest absolute Gasteiger partial charge is 0.454 e. The minimum atomic E-state index is -0.591. The highest BCUT2D eigenvalue weighted by molar-refractivity contribution is 6.41. The van der Waals surface area contributed by atoms with Gasteiger partial charge in [0.2, 0.25) is 6.79 Å². The molecule has 0 unspecified atom stereocenters. The number of aromatic nitrogens is 1. The highest BCUT2D eigenvalue weighted by atomic mass is 35.5. The minimum absolute atomic E-state index is 0.0953. The van der Waals surface area contributed by atoms with Crippen molar-refractivity contribution in [2.45, 2.75) is 0 Å². The maximum Gasteiger partial charge on any atom is 0.343 e. The lowest BCUT2D eigenvalue weighted by atomic mass is 10.0. The number of carbonyl (C=O) groups is 2. The highest BCUT2D eigenvalue weighted by Gasteiger charge is 2.23. The number of esters is 1. The first-order chi connectivity index (χ1) is 19.9. The molecular weight excluding hydrogens is 589 g/mol. The Balaban J connectivity index is 1.26. The van der Waals surface area contributed by atoms with E-state index in [9.17, 15) is 9.59 Å². The maximum absolute atomic E-state index is 13.4. The van der Waals surface area contributed by atoms with E-state index in [0.29, 0.717) is 59.7 Å². The van der Waals surface area contributed by atoms with E-state index in [1.165, 1.54) is 6.21 Å². The summed E-state index contributed by atoms with van der Waals surface area (Å²) in [5.41, 5.74) is 5.15. The molecule has 0 saturated carbocycles. The quantitative estimate of drug-likeness (QED) is 0.0902. The van der Waals surface area contributed by atoms with Crippen molar-refractivity contribution in [3.8, 4) is 28.4 Å². The van der Waals surface area contributed by atoms with E-state index >= 15 is 0 Å². The van der Waals surface area contributed by atoms with Gasteiger partial charge in [-0.2, -0.15) is 5.10 Å². The number of fused-ring (bicyclic) bond motifs is 2. The van der Waals surface area contributed by atoms with Crippen LogP contribution in [-0.2, 0) is 0 Å². The molecule has 0 spiro atoms. The lowest BCUT2D eigenvalue weighted by molar-refractivity contribution is 0.0733. The molecule has 1 aliphatic heterocycles. The highest BCUT2D eigenvalue weighted by Crippen LogP contribution is 2.41. The molecule has 0 aliphatic carbocycles. The summed E-state index contributed by atoms with van der Waals surface area (Å²) < 4.78 is 16.2. The molecular formula is C30H18Cl3N3O5. The van der Waals surface area contributed by atoms with Crippen LogP contribution >= 0.6 is 34.8 Å². The zero-order valence-electron chi connectivity index (χ0n) is 20.9. The Kier molecular flexibility index (Phi) is 7.28. The third-order valence-corrected chi connectivity index (χ3v) is 7.13. The van der Waals surface area contributed by atoms with Gasteiger partial charge in [-0.25, -0.2) is 10.2 Å². The summed E-state index contributed by atoms with van der Waals surface area (Å²) >= 11 is 19.2. The molecule has 1 aliphatic rings. The molecule has 204 valence electrons. The van der Waals surface area contributed by atoms with Crippen LogP contribution in [0.2, 0.25) is 15.1 Å². The number of para-hydroxylation sites is 1. The van der Waals surface area contributed by atoms with E-state index in [0.717, 1.165) is 0 Å². The summed E-state index contributed by atoms with van der Waals surface area (Å²) in [6.45, 7) is 0.0953. The fraction of sp³-hybridized carbons (Fsp3) is 0.0333. The van der Waals surface area contributed by atoms with Gasteiger partial charge in [-0.15, -0.1) is 0 Å². The lowest BCUT2D eigenvalue weighted by Crippen LogP contribution is -2.19. The van der Waals surface area contributed by atoms with Crippen molar-refractivity contribution in [1.29, 1.82) is 0 Å². The van der Waals surface area contributed by atoms with Gasteiger partial charge < -0.3 is 19.2 Å². The van der Waals surface area contributed by atoms with Crippen LogP contribution in [0, 0.1) is 0 Å². The molecule has 0 saturated heterocycles. The molecule has 0 radical (unpaired) electrons. The fourth-order valence-electron chi connectivity index (χ4n) is 4.43. The number of amides is 1. The van der Waals surface area contributed by atoms with Crippen molar-refractivity contribution in [1.82, 2.24) is 10.4 Å². The second-order valence-corrected chi connectivity index (χ2v) is 10.1. The van der Waals surface area contributed by atoms with Crippen molar-refractivity contribution < 1.29 is 23.8 Å². The van der Waals surface area contributed by atoms with Gasteiger partial charge in [-0.3, -0.25) is 4.79 Å². The lowest BCUT2D eigenvalue weighted by Gasteiger charge is -2.08. The first kappa shape index (κ1) is 26.7. The van der Waals surface area contributed by atoms with Crippen LogP contribution < -0.4 is 19.6 Å². The number of rotatable bonds is 6. The Morgan fingerprint density at radius 3 is 2.54 bits per heavy atom. The zero-order chi connectivity index (χ0) is 28.5. The van der Waals surface area contributed by atoms with Gasteiger partial charge >= 0.3 is 5.97 Å². The second-order valence-electron chi connectivity index (χ2n) is 8.86. The number of hydrogen-bond donors (Lipinski definition) is 2. The maximum atomic E-state index is 13.4. The van der Waals surface area contributed by atoms with E-state index in [2.05, 4.69) is 15.5 Å². The Bertz CT molecular complexity index is 1870. The number of carbonyl (C=O) groups excluding carboxylic acids is 2. The molecule has 11 heteroatoms. The molecule has 0 bridgehead atoms. The Labute approximate surface area is 248 Å². The molecule has 1 aromatic heterocycles. The number of nitrogens with one attached hydrogen (secondary N) is 2. The molecule has 8 nitrogen and oxygen atoms in total. The minimum Gasteiger partial charge on any atom is -0.454 e. The van der Waals surface area contributed by atoms with Crippen LogP contribution in [0.4, 0.5) is 0 Å². The van der Waals surface area contributed by atoms with Gasteiger partial charge in [0.1, 0.15) is 11.4 Å². The molecule has 0 fully saturated rings. The van der Waals surface area contributed by atoms with E-state index in [1.807, 2.05) is 6.07 Å². The van der Waals surface area contributed by atoms with Gasteiger partial charge in [0.15, 0.2) is 11.5 Å². The van der Waals surface area contributed by atoms with Crippen molar-refractivity contribution in [3.63, 3.8) is 0 Å². The smallest absolute Gasteiger partial charge is 0.343 e. The number of halogens is 3. The molecule has 0 atom stereocenters. The average Bonchev–Trinajstić information content (AvgIpc) is 3.58. The summed E-state index contributed by atoms with van der Waals surface area (Å²) in [6.07, 6.45) is 1.38. The van der Waals surface area contributed by atoms with Crippen LogP contribution in [0.5, 0.6) is 17.2 Å². The van der Waals surface area contributed by atoms with Crippen molar-refractivity contribution >= 4 is 63.8 Å². The van der Waals surface area contributed by atoms with Crippen molar-refractivity contribution in [2.75, 3.05) is 6.79 Å². The van der Waals surface area contributed by atoms with Crippen molar-refractivity contribution in [2.24, 2.45) is 5.10 Å². The first-order valence-corrected chi connectivity index (χ1v) is 13.3. The summed E-state index contributed by atoms with van der Waals surface area (Å²) in [7, 11) is 0. The number of nitrogens with zero attached hydrogens (tertiary/aromatic N) is 1. The predicted molar refractivity (Wildman–Crippen MR) is 158 cm³/mol. The van der Waals surface area contributed by atoms with Crippen LogP contribution in [0.1, 0.15) is 26.4 Å². The second kappa shape index (κ2) is 11.2. The van der Waals surface area contributed by atoms with E-state index in [4.69, 9.17) is 49.0 Å². The number of hydrazone groups is 1. The number of ether oxygens (including phenoxy) is 3. The standard InChI is InChI=1S/C30H18Cl3N3O5/c31-18-12-21(33)27-22(13-18)35-28(26(27)19-6-2-3-7-20(19)32)29(37)36-34-14-17-5-1-4-8-23(17)41-30(38)16-9-10-24-25(11-16)40-15-39-24/h1-14,35H,15H2,(H,36,37). The molecule has 2 N–H and O–H groups in total. The molecule has 41 heavy (non-hydrogen) atoms. The Morgan fingerprint density at radius 1 is 0.902 bits per heavy atom. The van der Waals surface area contributed by atoms with Gasteiger partial charge in [0.05, 0.1) is 16.8 Å². The molecule has 2 heterocycles.